The molecule has 2 nitrogen and oxygen atoms in total. The summed E-state index contributed by atoms with van der Waals surface area (Å²) < 4.78 is 9.31. The normalized spacial score (nSPS) is 5.40. The van der Waals surface area contributed by atoms with Crippen molar-refractivity contribution in [2.24, 2.45) is 0 Å². The maximum absolute atomic E-state index is 4.66. The second-order valence-electron chi connectivity index (χ2n) is 0.986. The van der Waals surface area contributed by atoms with Gasteiger partial charge in [-0.05, 0) is 0 Å². The van der Waals surface area contributed by atoms with Gasteiger partial charge < -0.3 is 46.7 Å². The Morgan fingerprint density at radius 2 is 1.00 bits per heavy atom. The molecule has 0 saturated heterocycles. The Labute approximate surface area is 91.4 Å². The fraction of sp³-hybridized carbons (Fsp3) is 1.00. The third-order valence-corrected chi connectivity index (χ3v) is 0.492. The van der Waals surface area contributed by atoms with Gasteiger partial charge in [-0.3, -0.25) is 0 Å². The molecule has 6 heteroatoms. The minimum atomic E-state index is 0. The predicted molar refractivity (Wildman–Crippen MR) is 23.8 cm³/mol. The molecule has 0 aromatic carbocycles. The number of hydrogen-bond donors (Lipinski definition) is 0. The second kappa shape index (κ2) is 31.7. The van der Waals surface area contributed by atoms with Crippen LogP contribution >= 0.6 is 0 Å². The molecule has 0 aromatic heterocycles. The molecular weight excluding hydrogens is 238 g/mol. The molecule has 10 heavy (non-hydrogen) atoms. The minimum Gasteiger partial charge on any atom is -1.00 e. The van der Waals surface area contributed by atoms with Gasteiger partial charge in [0.1, 0.15) is 0 Å². The molecule has 0 aliphatic carbocycles. The van der Waals surface area contributed by atoms with Crippen molar-refractivity contribution in [2.75, 3.05) is 27.4 Å². The van der Waals surface area contributed by atoms with Crippen molar-refractivity contribution in [1.29, 1.82) is 0 Å². The van der Waals surface area contributed by atoms with Gasteiger partial charge in [-0.2, -0.15) is 0 Å². The molecule has 0 atom stereocenters. The predicted octanol–water partition coefficient (Wildman–Crippen LogP) is -8.71. The fourth-order valence-corrected chi connectivity index (χ4v) is 0.167. The van der Waals surface area contributed by atoms with E-state index in [0.29, 0.717) is 13.2 Å². The Balaban J connectivity index is -0.0000000208. The van der Waals surface area contributed by atoms with Crippen molar-refractivity contribution in [2.45, 2.75) is 0 Å². The molecule has 0 unspecified atom stereocenters. The maximum atomic E-state index is 4.66. The van der Waals surface area contributed by atoms with Gasteiger partial charge in [0.2, 0.25) is 0 Å². The van der Waals surface area contributed by atoms with E-state index in [0.717, 1.165) is 0 Å². The summed E-state index contributed by atoms with van der Waals surface area (Å²) in [4.78, 5) is 0. The summed E-state index contributed by atoms with van der Waals surface area (Å²) in [6.07, 6.45) is 0. The van der Waals surface area contributed by atoms with Gasteiger partial charge in [0.05, 0.1) is 13.2 Å². The largest absolute Gasteiger partial charge is 3.00 e. The number of halogens is 3. The summed E-state index contributed by atoms with van der Waals surface area (Å²) in [6, 6.07) is 0. The van der Waals surface area contributed by atoms with Crippen LogP contribution in [-0.4, -0.2) is 27.4 Å². The molecule has 0 rings (SSSR count). The summed E-state index contributed by atoms with van der Waals surface area (Å²) in [7, 11) is 3.30. The first-order chi connectivity index (χ1) is 2.91. The molecule has 65 valence electrons. The van der Waals surface area contributed by atoms with Gasteiger partial charge in [0, 0.05) is 14.2 Å². The summed E-state index contributed by atoms with van der Waals surface area (Å²) in [5.74, 6) is 0. The monoisotopic (exact) mass is 247 g/mol. The topological polar surface area (TPSA) is 18.5 Å². The SMILES string of the molecule is COCCOC.[Cl-].[Cl-].[Cl-].[Cr+3]. The Bertz CT molecular complexity index is 30.5. The van der Waals surface area contributed by atoms with Gasteiger partial charge >= 0.3 is 17.4 Å². The first-order valence-electron chi connectivity index (χ1n) is 1.89. The average Bonchev–Trinajstić information content (AvgIpc) is 1.61. The van der Waals surface area contributed by atoms with E-state index in [-0.39, 0.29) is 54.6 Å². The van der Waals surface area contributed by atoms with Crippen LogP contribution in [0.15, 0.2) is 0 Å². The van der Waals surface area contributed by atoms with Crippen LogP contribution in [0.25, 0.3) is 0 Å². The molecule has 0 saturated carbocycles. The summed E-state index contributed by atoms with van der Waals surface area (Å²) in [5.41, 5.74) is 0. The van der Waals surface area contributed by atoms with E-state index in [1.54, 1.807) is 14.2 Å². The molecular formula is C4H10Cl3CrO2. The Kier molecular flexibility index (Phi) is 95.6. The van der Waals surface area contributed by atoms with E-state index >= 15 is 0 Å². The molecule has 0 aromatic rings. The van der Waals surface area contributed by atoms with E-state index in [1.165, 1.54) is 0 Å². The summed E-state index contributed by atoms with van der Waals surface area (Å²) in [5, 5.41) is 0. The Morgan fingerprint density at radius 3 is 1.10 bits per heavy atom. The third-order valence-electron chi connectivity index (χ3n) is 0.492. The van der Waals surface area contributed by atoms with E-state index in [4.69, 9.17) is 0 Å². The van der Waals surface area contributed by atoms with Crippen molar-refractivity contribution >= 4 is 0 Å². The molecule has 0 aliphatic rings. The van der Waals surface area contributed by atoms with Crippen LogP contribution < -0.4 is 37.2 Å². The molecule has 0 heterocycles. The van der Waals surface area contributed by atoms with Crippen LogP contribution in [0.3, 0.4) is 0 Å². The first-order valence-corrected chi connectivity index (χ1v) is 1.89. The van der Waals surface area contributed by atoms with Gasteiger partial charge in [-0.15, -0.1) is 0 Å². The van der Waals surface area contributed by atoms with Crippen LogP contribution in [0.4, 0.5) is 0 Å². The zero-order valence-electron chi connectivity index (χ0n) is 5.77. The summed E-state index contributed by atoms with van der Waals surface area (Å²) >= 11 is 0. The number of methoxy groups -OCH3 is 2. The molecule has 0 fully saturated rings. The zero-order chi connectivity index (χ0) is 4.83. The molecule has 0 spiro atoms. The Hall–Kier alpha value is 1.32. The average molecular weight is 248 g/mol. The van der Waals surface area contributed by atoms with Crippen molar-refractivity contribution in [3.8, 4) is 0 Å². The van der Waals surface area contributed by atoms with Gasteiger partial charge in [-0.25, -0.2) is 0 Å². The van der Waals surface area contributed by atoms with Gasteiger partial charge in [0.25, 0.3) is 0 Å². The fourth-order valence-electron chi connectivity index (χ4n) is 0.167. The second-order valence-corrected chi connectivity index (χ2v) is 0.986. The van der Waals surface area contributed by atoms with Crippen LogP contribution in [0, 0.1) is 0 Å². The van der Waals surface area contributed by atoms with Gasteiger partial charge in [0.15, 0.2) is 0 Å². The molecule has 0 amide bonds. The standard InChI is InChI=1S/C4H10O2.3ClH.Cr/c1-5-3-4-6-2;;;;/h3-4H2,1-2H3;3*1H;/q;;;;+3/p-3. The zero-order valence-corrected chi connectivity index (χ0v) is 9.32. The third kappa shape index (κ3) is 34.6. The van der Waals surface area contributed by atoms with E-state index < -0.39 is 0 Å². The van der Waals surface area contributed by atoms with E-state index in [1.807, 2.05) is 0 Å². The molecule has 1 radical (unpaired) electrons. The quantitative estimate of drug-likeness (QED) is 0.462. The van der Waals surface area contributed by atoms with Crippen LogP contribution in [0.2, 0.25) is 0 Å². The maximum Gasteiger partial charge on any atom is 3.00 e. The van der Waals surface area contributed by atoms with Crippen molar-refractivity contribution in [3.63, 3.8) is 0 Å². The van der Waals surface area contributed by atoms with Crippen LogP contribution in [-0.2, 0) is 26.8 Å². The van der Waals surface area contributed by atoms with Crippen molar-refractivity contribution in [3.05, 3.63) is 0 Å². The van der Waals surface area contributed by atoms with Crippen molar-refractivity contribution in [1.82, 2.24) is 0 Å². The van der Waals surface area contributed by atoms with E-state index in [2.05, 4.69) is 9.47 Å². The minimum absolute atomic E-state index is 0. The van der Waals surface area contributed by atoms with E-state index in [9.17, 15) is 0 Å². The van der Waals surface area contributed by atoms with Gasteiger partial charge in [-0.1, -0.05) is 0 Å². The molecule has 0 bridgehead atoms. The van der Waals surface area contributed by atoms with Crippen molar-refractivity contribution < 1.29 is 64.1 Å². The first kappa shape index (κ1) is 30.2. The summed E-state index contributed by atoms with van der Waals surface area (Å²) in [6.45, 7) is 1.38. The number of hydrogen-bond acceptors (Lipinski definition) is 2. The van der Waals surface area contributed by atoms with Crippen LogP contribution in [0.1, 0.15) is 0 Å². The molecule has 0 N–H and O–H groups in total. The van der Waals surface area contributed by atoms with Crippen LogP contribution in [0.5, 0.6) is 0 Å². The molecule has 0 aliphatic heterocycles. The smallest absolute Gasteiger partial charge is 1.00 e. The number of rotatable bonds is 3. The number of ether oxygens (including phenoxy) is 2. The Morgan fingerprint density at radius 1 is 0.800 bits per heavy atom.